The fourth-order valence-electron chi connectivity index (χ4n) is 3.58. The third-order valence-corrected chi connectivity index (χ3v) is 7.18. The van der Waals surface area contributed by atoms with Gasteiger partial charge in [-0.15, -0.1) is 0 Å². The molecule has 0 bridgehead atoms. The lowest BCUT2D eigenvalue weighted by Crippen LogP contribution is -2.49. The van der Waals surface area contributed by atoms with Crippen LogP contribution in [0.15, 0.2) is 28.8 Å². The monoisotopic (exact) mass is 407 g/mol. The van der Waals surface area contributed by atoms with Crippen LogP contribution in [0.1, 0.15) is 52.1 Å². The fraction of sp³-hybridized carbons (Fsp3) is 0.600. The molecule has 1 aliphatic rings. The summed E-state index contributed by atoms with van der Waals surface area (Å²) in [5.74, 6) is -0.121. The van der Waals surface area contributed by atoms with Crippen LogP contribution in [0.2, 0.25) is 0 Å². The van der Waals surface area contributed by atoms with Crippen molar-refractivity contribution in [2.75, 3.05) is 19.6 Å². The number of likely N-dealkylation sites (tertiary alicyclic amines) is 1. The summed E-state index contributed by atoms with van der Waals surface area (Å²) in [4.78, 5) is 14.7. The van der Waals surface area contributed by atoms with Crippen molar-refractivity contribution in [1.82, 2.24) is 14.8 Å². The molecule has 2 aromatic rings. The van der Waals surface area contributed by atoms with Crippen LogP contribution < -0.4 is 4.72 Å². The Hall–Kier alpha value is -1.93. The van der Waals surface area contributed by atoms with Crippen molar-refractivity contribution in [3.63, 3.8) is 0 Å². The number of nitrogens with one attached hydrogen (secondary N) is 1. The number of rotatable bonds is 6. The van der Waals surface area contributed by atoms with E-state index in [1.165, 1.54) is 0 Å². The first-order valence-corrected chi connectivity index (χ1v) is 11.3. The number of para-hydroxylation sites is 1. The second kappa shape index (κ2) is 7.83. The predicted octanol–water partition coefficient (Wildman–Crippen LogP) is 2.89. The Kier molecular flexibility index (Phi) is 5.82. The van der Waals surface area contributed by atoms with Gasteiger partial charge in [0.25, 0.3) is 0 Å². The van der Waals surface area contributed by atoms with Gasteiger partial charge < -0.3 is 9.42 Å². The minimum absolute atomic E-state index is 0.332. The number of fused-ring (bicyclic) bond motifs is 1. The number of piperidine rings is 1. The van der Waals surface area contributed by atoms with Crippen molar-refractivity contribution < 1.29 is 17.7 Å². The van der Waals surface area contributed by atoms with Crippen LogP contribution in [0, 0.1) is 5.41 Å². The van der Waals surface area contributed by atoms with Gasteiger partial charge in [-0.3, -0.25) is 9.52 Å². The van der Waals surface area contributed by atoms with Crippen molar-refractivity contribution in [3.8, 4) is 0 Å². The third-order valence-electron chi connectivity index (χ3n) is 5.47. The topological polar surface area (TPSA) is 92.5 Å². The molecule has 154 valence electrons. The van der Waals surface area contributed by atoms with Gasteiger partial charge in [-0.1, -0.05) is 17.3 Å². The minimum Gasteiger partial charge on any atom is -0.356 e. The lowest BCUT2D eigenvalue weighted by Gasteiger charge is -2.36. The summed E-state index contributed by atoms with van der Waals surface area (Å²) in [6, 6.07) is 7.89. The summed E-state index contributed by atoms with van der Waals surface area (Å²) in [7, 11) is -3.62. The summed E-state index contributed by atoms with van der Waals surface area (Å²) < 4.78 is 31.7. The van der Waals surface area contributed by atoms with Crippen molar-refractivity contribution in [3.05, 3.63) is 30.0 Å². The molecule has 1 aromatic heterocycles. The molecule has 1 aromatic carbocycles. The van der Waals surface area contributed by atoms with Gasteiger partial charge in [-0.05, 0) is 65.8 Å². The van der Waals surface area contributed by atoms with E-state index in [4.69, 9.17) is 4.52 Å². The Bertz CT molecular complexity index is 941. The maximum Gasteiger partial charge on any atom is 0.240 e. The maximum atomic E-state index is 12.5. The zero-order valence-corrected chi connectivity index (χ0v) is 17.8. The summed E-state index contributed by atoms with van der Waals surface area (Å²) in [5, 5.41) is 4.71. The molecule has 28 heavy (non-hydrogen) atoms. The lowest BCUT2D eigenvalue weighted by molar-refractivity contribution is -0.128. The number of carbonyl (C=O) groups excluding carboxylic acids is 1. The number of amides is 1. The van der Waals surface area contributed by atoms with Gasteiger partial charge in [0, 0.05) is 17.8 Å². The van der Waals surface area contributed by atoms with Gasteiger partial charge in [0.1, 0.15) is 0 Å². The van der Waals surface area contributed by atoms with Crippen molar-refractivity contribution in [1.29, 1.82) is 0 Å². The number of sulfonamides is 1. The molecule has 0 unspecified atom stereocenters. The molecule has 1 aliphatic heterocycles. The van der Waals surface area contributed by atoms with E-state index in [0.29, 0.717) is 12.5 Å². The van der Waals surface area contributed by atoms with E-state index in [2.05, 4.69) is 14.8 Å². The normalized spacial score (nSPS) is 17.3. The molecular formula is C20H29N3O4S. The number of carbonyl (C=O) groups is 1. The molecule has 0 atom stereocenters. The van der Waals surface area contributed by atoms with Gasteiger partial charge in [0.05, 0.1) is 16.4 Å². The van der Waals surface area contributed by atoms with Crippen LogP contribution in [0.5, 0.6) is 0 Å². The highest BCUT2D eigenvalue weighted by Gasteiger charge is 2.35. The fourth-order valence-corrected chi connectivity index (χ4v) is 4.35. The van der Waals surface area contributed by atoms with E-state index < -0.39 is 26.6 Å². The molecule has 0 saturated carbocycles. The van der Waals surface area contributed by atoms with Crippen molar-refractivity contribution in [2.24, 2.45) is 5.41 Å². The highest BCUT2D eigenvalue weighted by atomic mass is 32.2. The molecule has 1 amide bonds. The van der Waals surface area contributed by atoms with Crippen LogP contribution in [0.25, 0.3) is 11.0 Å². The molecule has 1 N–H and O–H groups in total. The molecule has 3 rings (SSSR count). The zero-order chi connectivity index (χ0) is 20.5. The standard InChI is InChI=1S/C20H29N3O4S/c1-14(2)28(25,26)22-19(24)20(3,4)13-23-11-9-15(10-12-23)18-16-7-5-6-8-17(16)27-21-18/h5-8,14-15H,9-13H2,1-4H3,(H,22,24). The van der Waals surface area contributed by atoms with Crippen molar-refractivity contribution in [2.45, 2.75) is 51.7 Å². The zero-order valence-electron chi connectivity index (χ0n) is 16.9. The van der Waals surface area contributed by atoms with Gasteiger partial charge in [0.15, 0.2) is 5.58 Å². The first-order chi connectivity index (χ1) is 13.1. The van der Waals surface area contributed by atoms with E-state index in [-0.39, 0.29) is 0 Å². The molecule has 1 fully saturated rings. The van der Waals surface area contributed by atoms with Gasteiger partial charge >= 0.3 is 0 Å². The lowest BCUT2D eigenvalue weighted by atomic mass is 9.88. The summed E-state index contributed by atoms with van der Waals surface area (Å²) >= 11 is 0. The van der Waals surface area contributed by atoms with E-state index in [1.54, 1.807) is 27.7 Å². The van der Waals surface area contributed by atoms with E-state index in [0.717, 1.165) is 42.6 Å². The van der Waals surface area contributed by atoms with Gasteiger partial charge in [-0.2, -0.15) is 0 Å². The van der Waals surface area contributed by atoms with Crippen LogP contribution in [0.3, 0.4) is 0 Å². The maximum absolute atomic E-state index is 12.5. The molecule has 0 spiro atoms. The summed E-state index contributed by atoms with van der Waals surface area (Å²) in [5.41, 5.74) is 1.02. The number of hydrogen-bond acceptors (Lipinski definition) is 6. The Balaban J connectivity index is 1.59. The first kappa shape index (κ1) is 20.8. The smallest absolute Gasteiger partial charge is 0.240 e. The molecule has 0 radical (unpaired) electrons. The average molecular weight is 408 g/mol. The second-order valence-electron chi connectivity index (χ2n) is 8.52. The first-order valence-electron chi connectivity index (χ1n) is 9.73. The Morgan fingerprint density at radius 2 is 1.93 bits per heavy atom. The highest BCUT2D eigenvalue weighted by molar-refractivity contribution is 7.90. The largest absolute Gasteiger partial charge is 0.356 e. The minimum atomic E-state index is -3.62. The number of nitrogens with zero attached hydrogens (tertiary/aromatic N) is 2. The van der Waals surface area contributed by atoms with E-state index in [1.807, 2.05) is 24.3 Å². The molecule has 7 nitrogen and oxygen atoms in total. The van der Waals surface area contributed by atoms with Crippen LogP contribution in [-0.2, 0) is 14.8 Å². The second-order valence-corrected chi connectivity index (χ2v) is 10.8. The van der Waals surface area contributed by atoms with Gasteiger partial charge in [-0.25, -0.2) is 8.42 Å². The molecule has 8 heteroatoms. The molecule has 0 aliphatic carbocycles. The van der Waals surface area contributed by atoms with Crippen LogP contribution in [-0.4, -0.2) is 49.3 Å². The van der Waals surface area contributed by atoms with E-state index >= 15 is 0 Å². The summed E-state index contributed by atoms with van der Waals surface area (Å²) in [6.45, 7) is 8.87. The molecule has 1 saturated heterocycles. The molecular weight excluding hydrogens is 378 g/mol. The van der Waals surface area contributed by atoms with Crippen LogP contribution in [0.4, 0.5) is 0 Å². The Morgan fingerprint density at radius 1 is 1.29 bits per heavy atom. The Labute approximate surface area is 166 Å². The predicted molar refractivity (Wildman–Crippen MR) is 108 cm³/mol. The number of aromatic nitrogens is 1. The van der Waals surface area contributed by atoms with Gasteiger partial charge in [0.2, 0.25) is 15.9 Å². The third kappa shape index (κ3) is 4.38. The quantitative estimate of drug-likeness (QED) is 0.791. The van der Waals surface area contributed by atoms with E-state index in [9.17, 15) is 13.2 Å². The van der Waals surface area contributed by atoms with Crippen LogP contribution >= 0.6 is 0 Å². The summed E-state index contributed by atoms with van der Waals surface area (Å²) in [6.07, 6.45) is 1.86. The SMILES string of the molecule is CC(C)S(=O)(=O)NC(=O)C(C)(C)CN1CCC(c2noc3ccccc23)CC1. The average Bonchev–Trinajstić information content (AvgIpc) is 3.05. The number of benzene rings is 1. The Morgan fingerprint density at radius 3 is 2.57 bits per heavy atom. The molecule has 2 heterocycles. The number of hydrogen-bond donors (Lipinski definition) is 1. The highest BCUT2D eigenvalue weighted by Crippen LogP contribution is 2.33. The van der Waals surface area contributed by atoms with Crippen molar-refractivity contribution >= 4 is 26.9 Å².